The molecule has 2 fully saturated rings. The maximum Gasteiger partial charge on any atom is 0.407 e. The molecular weight excluding hydrogens is 396 g/mol. The largest absolute Gasteiger partial charge is 0.444 e. The van der Waals surface area contributed by atoms with Crippen LogP contribution in [0.4, 0.5) is 9.59 Å². The van der Waals surface area contributed by atoms with Gasteiger partial charge in [-0.1, -0.05) is 30.5 Å². The maximum absolute atomic E-state index is 13.3. The first-order chi connectivity index (χ1) is 13.6. The molecule has 1 aromatic rings. The average Bonchev–Trinajstić information content (AvgIpc) is 2.86. The van der Waals surface area contributed by atoms with Crippen molar-refractivity contribution in [3.63, 3.8) is 0 Å². The number of carbonyl (C=O) groups is 3. The van der Waals surface area contributed by atoms with Gasteiger partial charge in [-0.3, -0.25) is 9.69 Å². The number of halogens is 1. The summed E-state index contributed by atoms with van der Waals surface area (Å²) in [5.74, 6) is -0.493. The van der Waals surface area contributed by atoms with Crippen LogP contribution < -0.4 is 10.6 Å². The van der Waals surface area contributed by atoms with E-state index in [2.05, 4.69) is 15.6 Å². The number of amides is 4. The third kappa shape index (κ3) is 4.63. The minimum Gasteiger partial charge on any atom is -0.444 e. The zero-order chi connectivity index (χ0) is 21.2. The second kappa shape index (κ2) is 8.18. The summed E-state index contributed by atoms with van der Waals surface area (Å²) in [4.78, 5) is 43.2. The highest BCUT2D eigenvalue weighted by Crippen LogP contribution is 2.39. The molecule has 1 aliphatic heterocycles. The second-order valence-electron chi connectivity index (χ2n) is 8.57. The van der Waals surface area contributed by atoms with Crippen LogP contribution in [0.1, 0.15) is 52.0 Å². The number of carbonyl (C=O) groups excluding carboxylic acids is 3. The lowest BCUT2D eigenvalue weighted by Crippen LogP contribution is -2.57. The lowest BCUT2D eigenvalue weighted by Gasteiger charge is -2.39. The molecule has 1 saturated heterocycles. The van der Waals surface area contributed by atoms with Gasteiger partial charge in [0.15, 0.2) is 0 Å². The first-order valence-electron chi connectivity index (χ1n) is 9.83. The number of hydrogen-bond donors (Lipinski definition) is 2. The predicted molar refractivity (Wildman–Crippen MR) is 107 cm³/mol. The van der Waals surface area contributed by atoms with Gasteiger partial charge in [0.1, 0.15) is 16.3 Å². The van der Waals surface area contributed by atoms with Crippen molar-refractivity contribution >= 4 is 29.6 Å². The van der Waals surface area contributed by atoms with Crippen molar-refractivity contribution in [3.05, 3.63) is 29.0 Å². The van der Waals surface area contributed by atoms with E-state index in [1.165, 1.54) is 4.90 Å². The monoisotopic (exact) mass is 422 g/mol. The molecule has 3 rings (SSSR count). The standard InChI is InChI=1S/C20H27ClN4O4/c1-19(2,3)29-18(28)23-11-14-8-4-5-9-20(14)16(26)25(17(27)24-20)12-13-7-6-10-22-15(13)21/h6-7,10,14H,4-5,8-9,11-12H2,1-3H3,(H,23,28)(H,24,27). The Labute approximate surface area is 175 Å². The Kier molecular flexibility index (Phi) is 6.03. The van der Waals surface area contributed by atoms with Gasteiger partial charge < -0.3 is 15.4 Å². The Morgan fingerprint density at radius 2 is 2.17 bits per heavy atom. The van der Waals surface area contributed by atoms with Crippen LogP contribution in [0.15, 0.2) is 18.3 Å². The molecule has 0 aromatic carbocycles. The molecule has 2 N–H and O–H groups in total. The lowest BCUT2D eigenvalue weighted by atomic mass is 9.72. The van der Waals surface area contributed by atoms with Crippen LogP contribution in [-0.2, 0) is 16.1 Å². The molecule has 1 aromatic heterocycles. The van der Waals surface area contributed by atoms with Gasteiger partial charge in [0.2, 0.25) is 0 Å². The summed E-state index contributed by atoms with van der Waals surface area (Å²) in [6.07, 6.45) is 4.04. The molecule has 158 valence electrons. The van der Waals surface area contributed by atoms with Gasteiger partial charge in [0.05, 0.1) is 6.54 Å². The van der Waals surface area contributed by atoms with E-state index in [1.54, 1.807) is 39.1 Å². The van der Waals surface area contributed by atoms with Crippen molar-refractivity contribution in [2.45, 2.75) is 64.1 Å². The van der Waals surface area contributed by atoms with Crippen molar-refractivity contribution in [3.8, 4) is 0 Å². The summed E-state index contributed by atoms with van der Waals surface area (Å²) >= 11 is 6.10. The van der Waals surface area contributed by atoms with Crippen molar-refractivity contribution in [2.75, 3.05) is 6.54 Å². The Balaban J connectivity index is 1.74. The number of aromatic nitrogens is 1. The van der Waals surface area contributed by atoms with Crippen LogP contribution >= 0.6 is 11.6 Å². The third-order valence-corrected chi connectivity index (χ3v) is 5.67. The lowest BCUT2D eigenvalue weighted by molar-refractivity contribution is -0.134. The molecule has 1 saturated carbocycles. The van der Waals surface area contributed by atoms with Crippen LogP contribution in [0.5, 0.6) is 0 Å². The van der Waals surface area contributed by atoms with Crippen LogP contribution in [-0.4, -0.2) is 45.6 Å². The van der Waals surface area contributed by atoms with Crippen LogP contribution in [0, 0.1) is 5.92 Å². The summed E-state index contributed by atoms with van der Waals surface area (Å²) in [6.45, 7) is 5.68. The van der Waals surface area contributed by atoms with Gasteiger partial charge in [0.25, 0.3) is 5.91 Å². The minimum absolute atomic E-state index is 0.0608. The van der Waals surface area contributed by atoms with Gasteiger partial charge in [-0.15, -0.1) is 0 Å². The smallest absolute Gasteiger partial charge is 0.407 e. The zero-order valence-corrected chi connectivity index (χ0v) is 17.7. The van der Waals surface area contributed by atoms with E-state index in [1.807, 2.05) is 0 Å². The van der Waals surface area contributed by atoms with Gasteiger partial charge in [-0.05, 0) is 39.7 Å². The summed E-state index contributed by atoms with van der Waals surface area (Å²) in [5.41, 5.74) is -1.01. The highest BCUT2D eigenvalue weighted by atomic mass is 35.5. The van der Waals surface area contributed by atoms with Crippen LogP contribution in [0.3, 0.4) is 0 Å². The molecule has 2 unspecified atom stereocenters. The minimum atomic E-state index is -1.01. The average molecular weight is 423 g/mol. The Morgan fingerprint density at radius 3 is 2.86 bits per heavy atom. The summed E-state index contributed by atoms with van der Waals surface area (Å²) < 4.78 is 5.29. The molecular formula is C20H27ClN4O4. The zero-order valence-electron chi connectivity index (χ0n) is 17.0. The number of hydrogen-bond acceptors (Lipinski definition) is 5. The van der Waals surface area contributed by atoms with Crippen molar-refractivity contribution in [1.29, 1.82) is 0 Å². The summed E-state index contributed by atoms with van der Waals surface area (Å²) in [5, 5.41) is 5.93. The molecule has 1 aliphatic carbocycles. The van der Waals surface area contributed by atoms with Crippen LogP contribution in [0.25, 0.3) is 0 Å². The van der Waals surface area contributed by atoms with E-state index in [9.17, 15) is 14.4 Å². The fourth-order valence-electron chi connectivity index (χ4n) is 3.98. The third-order valence-electron chi connectivity index (χ3n) is 5.33. The Bertz CT molecular complexity index is 810. The van der Waals surface area contributed by atoms with Gasteiger partial charge in [-0.2, -0.15) is 0 Å². The van der Waals surface area contributed by atoms with E-state index in [-0.39, 0.29) is 30.1 Å². The molecule has 9 heteroatoms. The van der Waals surface area contributed by atoms with Crippen molar-refractivity contribution < 1.29 is 19.1 Å². The SMILES string of the molecule is CC(C)(C)OC(=O)NCC1CCCCC12NC(=O)N(Cc1cccnc1Cl)C2=O. The Hall–Kier alpha value is -2.35. The first kappa shape index (κ1) is 21.4. The van der Waals surface area contributed by atoms with Gasteiger partial charge in [0, 0.05) is 24.2 Å². The topological polar surface area (TPSA) is 101 Å². The van der Waals surface area contributed by atoms with Gasteiger partial charge in [-0.25, -0.2) is 14.6 Å². The molecule has 2 heterocycles. The second-order valence-corrected chi connectivity index (χ2v) is 8.93. The molecule has 2 aliphatic rings. The molecule has 29 heavy (non-hydrogen) atoms. The molecule has 1 spiro atoms. The van der Waals surface area contributed by atoms with E-state index in [0.29, 0.717) is 12.0 Å². The fraction of sp³-hybridized carbons (Fsp3) is 0.600. The first-order valence-corrected chi connectivity index (χ1v) is 10.2. The maximum atomic E-state index is 13.3. The highest BCUT2D eigenvalue weighted by Gasteiger charge is 2.56. The Morgan fingerprint density at radius 1 is 1.41 bits per heavy atom. The number of nitrogens with one attached hydrogen (secondary N) is 2. The van der Waals surface area contributed by atoms with E-state index < -0.39 is 23.3 Å². The molecule has 0 radical (unpaired) electrons. The number of nitrogens with zero attached hydrogens (tertiary/aromatic N) is 2. The number of pyridine rings is 1. The molecule has 0 bridgehead atoms. The van der Waals surface area contributed by atoms with E-state index in [0.717, 1.165) is 19.3 Å². The summed E-state index contributed by atoms with van der Waals surface area (Å²) in [7, 11) is 0. The van der Waals surface area contributed by atoms with Crippen molar-refractivity contribution in [1.82, 2.24) is 20.5 Å². The number of urea groups is 1. The van der Waals surface area contributed by atoms with Crippen molar-refractivity contribution in [2.24, 2.45) is 5.92 Å². The molecule has 2 atom stereocenters. The summed E-state index contributed by atoms with van der Waals surface area (Å²) in [6, 6.07) is 3.01. The van der Waals surface area contributed by atoms with Gasteiger partial charge >= 0.3 is 12.1 Å². The fourth-order valence-corrected chi connectivity index (χ4v) is 4.16. The van der Waals surface area contributed by atoms with Crippen LogP contribution in [0.2, 0.25) is 5.15 Å². The predicted octanol–water partition coefficient (Wildman–Crippen LogP) is 3.24. The highest BCUT2D eigenvalue weighted by molar-refractivity contribution is 6.30. The number of rotatable bonds is 4. The number of ether oxygens (including phenoxy) is 1. The number of imide groups is 1. The van der Waals surface area contributed by atoms with E-state index in [4.69, 9.17) is 16.3 Å². The number of alkyl carbamates (subject to hydrolysis) is 1. The normalized spacial score (nSPS) is 24.6. The molecule has 8 nitrogen and oxygen atoms in total. The molecule has 4 amide bonds. The van der Waals surface area contributed by atoms with E-state index >= 15 is 0 Å². The quantitative estimate of drug-likeness (QED) is 0.573.